The van der Waals surface area contributed by atoms with Crippen LogP contribution < -0.4 is 20.1 Å². The minimum absolute atomic E-state index is 0.264. The first-order valence-electron chi connectivity index (χ1n) is 9.78. The van der Waals surface area contributed by atoms with E-state index in [9.17, 15) is 9.59 Å². The minimum Gasteiger partial charge on any atom is -0.490 e. The molecule has 1 aliphatic rings. The third-order valence-electron chi connectivity index (χ3n) is 4.66. The van der Waals surface area contributed by atoms with Crippen molar-refractivity contribution in [2.75, 3.05) is 18.5 Å². The summed E-state index contributed by atoms with van der Waals surface area (Å²) < 4.78 is 11.3. The van der Waals surface area contributed by atoms with E-state index in [-0.39, 0.29) is 11.8 Å². The standard InChI is InChI=1S/C23H22N2O4S/c26-22(24-17-9-10-19-20(15-17)29-12-5-11-28-19)18(14-16-6-2-1-3-7-16)25-23(27)21-8-4-13-30-21/h1-4,6-10,13,15,18H,5,11-12,14H2,(H,24,26)(H,25,27)/t18-/m1/s1. The van der Waals surface area contributed by atoms with Gasteiger partial charge in [-0.3, -0.25) is 9.59 Å². The molecule has 6 nitrogen and oxygen atoms in total. The molecule has 2 aromatic carbocycles. The molecule has 0 spiro atoms. The maximum absolute atomic E-state index is 13.1. The van der Waals surface area contributed by atoms with E-state index < -0.39 is 6.04 Å². The summed E-state index contributed by atoms with van der Waals surface area (Å²) in [4.78, 5) is 26.2. The number of ether oxygens (including phenoxy) is 2. The largest absolute Gasteiger partial charge is 0.490 e. The van der Waals surface area contributed by atoms with Crippen molar-refractivity contribution in [3.63, 3.8) is 0 Å². The van der Waals surface area contributed by atoms with E-state index in [1.165, 1.54) is 11.3 Å². The zero-order chi connectivity index (χ0) is 20.8. The lowest BCUT2D eigenvalue weighted by Gasteiger charge is -2.19. The molecule has 0 saturated carbocycles. The number of amides is 2. The van der Waals surface area contributed by atoms with Crippen LogP contribution in [0.3, 0.4) is 0 Å². The lowest BCUT2D eigenvalue weighted by molar-refractivity contribution is -0.118. The fourth-order valence-electron chi connectivity index (χ4n) is 3.17. The quantitative estimate of drug-likeness (QED) is 0.632. The normalized spacial score (nSPS) is 13.7. The first-order chi connectivity index (χ1) is 14.7. The van der Waals surface area contributed by atoms with Gasteiger partial charge in [-0.1, -0.05) is 36.4 Å². The van der Waals surface area contributed by atoms with Crippen LogP contribution >= 0.6 is 11.3 Å². The average Bonchev–Trinajstić information content (AvgIpc) is 3.20. The van der Waals surface area contributed by atoms with Gasteiger partial charge in [-0.2, -0.15) is 0 Å². The summed E-state index contributed by atoms with van der Waals surface area (Å²) in [6.45, 7) is 1.17. The maximum atomic E-state index is 13.1. The highest BCUT2D eigenvalue weighted by atomic mass is 32.1. The molecule has 0 aliphatic carbocycles. The summed E-state index contributed by atoms with van der Waals surface area (Å²) in [5, 5.41) is 7.59. The van der Waals surface area contributed by atoms with Crippen molar-refractivity contribution in [1.29, 1.82) is 0 Å². The molecule has 0 unspecified atom stereocenters. The molecule has 7 heteroatoms. The van der Waals surface area contributed by atoms with Crippen LogP contribution in [-0.2, 0) is 11.2 Å². The maximum Gasteiger partial charge on any atom is 0.262 e. The minimum atomic E-state index is -0.724. The van der Waals surface area contributed by atoms with Gasteiger partial charge >= 0.3 is 0 Å². The third-order valence-corrected chi connectivity index (χ3v) is 5.53. The zero-order valence-corrected chi connectivity index (χ0v) is 17.1. The van der Waals surface area contributed by atoms with Crippen molar-refractivity contribution in [2.45, 2.75) is 18.9 Å². The van der Waals surface area contributed by atoms with E-state index in [2.05, 4.69) is 10.6 Å². The van der Waals surface area contributed by atoms with Crippen molar-refractivity contribution in [2.24, 2.45) is 0 Å². The Balaban J connectivity index is 1.51. The van der Waals surface area contributed by atoms with Crippen LogP contribution in [0.2, 0.25) is 0 Å². The van der Waals surface area contributed by atoms with Gasteiger partial charge in [0, 0.05) is 24.6 Å². The Morgan fingerprint density at radius 3 is 2.53 bits per heavy atom. The van der Waals surface area contributed by atoms with E-state index in [0.717, 1.165) is 12.0 Å². The lowest BCUT2D eigenvalue weighted by Crippen LogP contribution is -2.45. The number of hydrogen-bond donors (Lipinski definition) is 2. The van der Waals surface area contributed by atoms with Gasteiger partial charge in [0.2, 0.25) is 5.91 Å². The molecule has 154 valence electrons. The first kappa shape index (κ1) is 20.0. The molecule has 2 heterocycles. The van der Waals surface area contributed by atoms with Crippen LogP contribution in [0, 0.1) is 0 Å². The van der Waals surface area contributed by atoms with Crippen LogP contribution in [0.5, 0.6) is 11.5 Å². The summed E-state index contributed by atoms with van der Waals surface area (Å²) >= 11 is 1.34. The van der Waals surface area contributed by atoms with Crippen LogP contribution in [0.25, 0.3) is 0 Å². The second-order valence-electron chi connectivity index (χ2n) is 6.89. The van der Waals surface area contributed by atoms with Crippen molar-refractivity contribution in [3.05, 3.63) is 76.5 Å². The number of benzene rings is 2. The summed E-state index contributed by atoms with van der Waals surface area (Å²) in [5.41, 5.74) is 1.55. The Morgan fingerprint density at radius 1 is 0.967 bits per heavy atom. The van der Waals surface area contributed by atoms with Gasteiger partial charge in [-0.15, -0.1) is 11.3 Å². The van der Waals surface area contributed by atoms with Crippen LogP contribution in [-0.4, -0.2) is 31.1 Å². The van der Waals surface area contributed by atoms with Gasteiger partial charge in [-0.25, -0.2) is 0 Å². The molecule has 2 amide bonds. The molecular weight excluding hydrogens is 400 g/mol. The molecule has 1 aromatic heterocycles. The SMILES string of the molecule is O=C(N[C@H](Cc1ccccc1)C(=O)Nc1ccc2c(c1)OCCCO2)c1cccs1. The topological polar surface area (TPSA) is 76.7 Å². The molecule has 4 rings (SSSR count). The Hall–Kier alpha value is -3.32. The Morgan fingerprint density at radius 2 is 1.77 bits per heavy atom. The highest BCUT2D eigenvalue weighted by Crippen LogP contribution is 2.32. The predicted molar refractivity (Wildman–Crippen MR) is 116 cm³/mol. The van der Waals surface area contributed by atoms with Gasteiger partial charge in [0.05, 0.1) is 18.1 Å². The molecule has 0 saturated heterocycles. The molecular formula is C23H22N2O4S. The molecule has 0 fully saturated rings. The monoisotopic (exact) mass is 422 g/mol. The van der Waals surface area contributed by atoms with Crippen LogP contribution in [0.15, 0.2) is 66.0 Å². The van der Waals surface area contributed by atoms with Crippen molar-refractivity contribution >= 4 is 28.8 Å². The first-order valence-corrected chi connectivity index (χ1v) is 10.7. The molecule has 2 N–H and O–H groups in total. The molecule has 1 aliphatic heterocycles. The Bertz CT molecular complexity index is 1010. The van der Waals surface area contributed by atoms with Gasteiger partial charge in [0.1, 0.15) is 6.04 Å². The fraction of sp³-hybridized carbons (Fsp3) is 0.217. The fourth-order valence-corrected chi connectivity index (χ4v) is 3.79. The molecule has 30 heavy (non-hydrogen) atoms. The number of carbonyl (C=O) groups excluding carboxylic acids is 2. The van der Waals surface area contributed by atoms with Crippen molar-refractivity contribution in [3.8, 4) is 11.5 Å². The number of nitrogens with one attached hydrogen (secondary N) is 2. The van der Waals surface area contributed by atoms with Crippen LogP contribution in [0.1, 0.15) is 21.7 Å². The van der Waals surface area contributed by atoms with E-state index in [1.54, 1.807) is 24.3 Å². The molecule has 3 aromatic rings. The van der Waals surface area contributed by atoms with Gasteiger partial charge in [0.15, 0.2) is 11.5 Å². The highest BCUT2D eigenvalue weighted by Gasteiger charge is 2.23. The molecule has 1 atom stereocenters. The number of rotatable bonds is 6. The van der Waals surface area contributed by atoms with E-state index in [1.807, 2.05) is 41.8 Å². The van der Waals surface area contributed by atoms with E-state index >= 15 is 0 Å². The second kappa shape index (κ2) is 9.45. The number of carbonyl (C=O) groups is 2. The highest BCUT2D eigenvalue weighted by molar-refractivity contribution is 7.12. The van der Waals surface area contributed by atoms with Gasteiger partial charge in [0.25, 0.3) is 5.91 Å². The number of thiophene rings is 1. The van der Waals surface area contributed by atoms with Crippen LogP contribution in [0.4, 0.5) is 5.69 Å². The Kier molecular flexibility index (Phi) is 6.29. The molecule has 0 radical (unpaired) electrons. The average molecular weight is 423 g/mol. The van der Waals surface area contributed by atoms with Crippen molar-refractivity contribution < 1.29 is 19.1 Å². The van der Waals surface area contributed by atoms with E-state index in [0.29, 0.717) is 41.7 Å². The number of fused-ring (bicyclic) bond motifs is 1. The lowest BCUT2D eigenvalue weighted by atomic mass is 10.0. The third kappa shape index (κ3) is 4.99. The number of hydrogen-bond acceptors (Lipinski definition) is 5. The van der Waals surface area contributed by atoms with E-state index in [4.69, 9.17) is 9.47 Å². The summed E-state index contributed by atoms with van der Waals surface area (Å²) in [5.74, 6) is 0.711. The second-order valence-corrected chi connectivity index (χ2v) is 7.84. The summed E-state index contributed by atoms with van der Waals surface area (Å²) in [6, 6.07) is 17.7. The zero-order valence-electron chi connectivity index (χ0n) is 16.3. The molecule has 0 bridgehead atoms. The smallest absolute Gasteiger partial charge is 0.262 e. The predicted octanol–water partition coefficient (Wildman–Crippen LogP) is 3.89. The van der Waals surface area contributed by atoms with Crippen molar-refractivity contribution in [1.82, 2.24) is 5.32 Å². The summed E-state index contributed by atoms with van der Waals surface area (Å²) in [6.07, 6.45) is 1.19. The summed E-state index contributed by atoms with van der Waals surface area (Å²) in [7, 11) is 0. The number of anilines is 1. The Labute approximate surface area is 178 Å². The van der Waals surface area contributed by atoms with Gasteiger partial charge in [-0.05, 0) is 29.1 Å². The van der Waals surface area contributed by atoms with Gasteiger partial charge < -0.3 is 20.1 Å².